The van der Waals surface area contributed by atoms with Crippen LogP contribution in [-0.2, 0) is 12.7 Å². The summed E-state index contributed by atoms with van der Waals surface area (Å²) in [6.07, 6.45) is -2.74. The van der Waals surface area contributed by atoms with Gasteiger partial charge in [0.25, 0.3) is 0 Å². The Morgan fingerprint density at radius 3 is 2.30 bits per heavy atom. The Kier molecular flexibility index (Phi) is 4.01. The van der Waals surface area contributed by atoms with E-state index in [1.807, 2.05) is 30.3 Å². The summed E-state index contributed by atoms with van der Waals surface area (Å²) in [5.41, 5.74) is 0.935. The first kappa shape index (κ1) is 15.1. The predicted octanol–water partition coefficient (Wildman–Crippen LogP) is 3.90. The molecule has 2 aromatic carbocycles. The molecule has 0 unspecified atom stereocenters. The maximum absolute atomic E-state index is 12.5. The lowest BCUT2D eigenvalue weighted by Gasteiger charge is -2.07. The van der Waals surface area contributed by atoms with Crippen LogP contribution in [0.5, 0.6) is 0 Å². The van der Waals surface area contributed by atoms with E-state index in [9.17, 15) is 13.2 Å². The minimum Gasteiger partial charge on any atom is -0.349 e. The van der Waals surface area contributed by atoms with Gasteiger partial charge < -0.3 is 5.32 Å². The summed E-state index contributed by atoms with van der Waals surface area (Å²) in [4.78, 5) is 4.13. The first-order chi connectivity index (χ1) is 11.0. The van der Waals surface area contributed by atoms with Crippen molar-refractivity contribution in [2.75, 3.05) is 5.32 Å². The molecule has 118 valence electrons. The van der Waals surface area contributed by atoms with Crippen molar-refractivity contribution < 1.29 is 13.2 Å². The van der Waals surface area contributed by atoms with Crippen LogP contribution in [-0.4, -0.2) is 14.8 Å². The van der Waals surface area contributed by atoms with Crippen molar-refractivity contribution >= 4 is 5.95 Å². The quantitative estimate of drug-likeness (QED) is 0.793. The van der Waals surface area contributed by atoms with E-state index in [0.29, 0.717) is 18.1 Å². The van der Waals surface area contributed by atoms with E-state index in [-0.39, 0.29) is 0 Å². The van der Waals surface area contributed by atoms with Crippen LogP contribution < -0.4 is 5.32 Å². The molecule has 0 radical (unpaired) electrons. The van der Waals surface area contributed by atoms with E-state index in [1.54, 1.807) is 11.0 Å². The molecule has 1 heterocycles. The van der Waals surface area contributed by atoms with Gasteiger partial charge in [-0.2, -0.15) is 13.2 Å². The molecule has 0 amide bonds. The molecule has 3 aromatic rings. The number of benzene rings is 2. The zero-order chi connectivity index (χ0) is 16.3. The van der Waals surface area contributed by atoms with Crippen molar-refractivity contribution in [3.8, 4) is 5.69 Å². The number of aromatic nitrogens is 3. The molecule has 3 rings (SSSR count). The summed E-state index contributed by atoms with van der Waals surface area (Å²) in [7, 11) is 0. The van der Waals surface area contributed by atoms with E-state index in [1.165, 1.54) is 12.1 Å². The van der Waals surface area contributed by atoms with Crippen LogP contribution in [0.1, 0.15) is 11.1 Å². The van der Waals surface area contributed by atoms with Gasteiger partial charge in [-0.15, -0.1) is 5.10 Å². The van der Waals surface area contributed by atoms with Crippen molar-refractivity contribution in [2.24, 2.45) is 0 Å². The summed E-state index contributed by atoms with van der Waals surface area (Å²) in [6, 6.07) is 14.5. The van der Waals surface area contributed by atoms with Gasteiger partial charge >= 0.3 is 6.18 Å². The molecular formula is C16H13F3N4. The van der Waals surface area contributed by atoms with Crippen LogP contribution in [0.2, 0.25) is 0 Å². The number of para-hydroxylation sites is 1. The third-order valence-corrected chi connectivity index (χ3v) is 3.24. The van der Waals surface area contributed by atoms with Gasteiger partial charge in [-0.1, -0.05) is 30.3 Å². The third-order valence-electron chi connectivity index (χ3n) is 3.24. The number of anilines is 1. The van der Waals surface area contributed by atoms with Crippen LogP contribution in [0, 0.1) is 0 Å². The number of hydrogen-bond acceptors (Lipinski definition) is 3. The second kappa shape index (κ2) is 6.12. The van der Waals surface area contributed by atoms with Crippen molar-refractivity contribution in [1.82, 2.24) is 14.8 Å². The molecule has 4 nitrogen and oxygen atoms in total. The molecule has 0 fully saturated rings. The third kappa shape index (κ3) is 3.68. The summed E-state index contributed by atoms with van der Waals surface area (Å²) < 4.78 is 39.1. The molecule has 0 aliphatic heterocycles. The van der Waals surface area contributed by atoms with Gasteiger partial charge in [0, 0.05) is 6.54 Å². The minimum absolute atomic E-state index is 0.344. The van der Waals surface area contributed by atoms with Gasteiger partial charge in [0.15, 0.2) is 0 Å². The molecule has 0 saturated heterocycles. The Morgan fingerprint density at radius 2 is 1.65 bits per heavy atom. The molecule has 0 spiro atoms. The summed E-state index contributed by atoms with van der Waals surface area (Å²) in [5, 5.41) is 7.25. The zero-order valence-corrected chi connectivity index (χ0v) is 12.0. The lowest BCUT2D eigenvalue weighted by molar-refractivity contribution is -0.137. The molecule has 0 aliphatic carbocycles. The molecule has 0 aliphatic rings. The van der Waals surface area contributed by atoms with Gasteiger partial charge in [0.1, 0.15) is 6.33 Å². The van der Waals surface area contributed by atoms with Gasteiger partial charge in [-0.05, 0) is 29.8 Å². The Balaban J connectivity index is 1.64. The fourth-order valence-corrected chi connectivity index (χ4v) is 2.04. The second-order valence-electron chi connectivity index (χ2n) is 4.90. The van der Waals surface area contributed by atoms with Crippen molar-refractivity contribution in [1.29, 1.82) is 0 Å². The molecule has 0 saturated carbocycles. The second-order valence-corrected chi connectivity index (χ2v) is 4.90. The number of nitrogens with zero attached hydrogens (tertiary/aromatic N) is 3. The summed E-state index contributed by atoms with van der Waals surface area (Å²) in [6.45, 7) is 0.344. The normalized spacial score (nSPS) is 11.4. The van der Waals surface area contributed by atoms with Crippen LogP contribution in [0.15, 0.2) is 60.9 Å². The van der Waals surface area contributed by atoms with Crippen molar-refractivity contribution in [3.63, 3.8) is 0 Å². The highest BCUT2D eigenvalue weighted by molar-refractivity contribution is 5.33. The van der Waals surface area contributed by atoms with E-state index in [4.69, 9.17) is 0 Å². The molecule has 1 aromatic heterocycles. The van der Waals surface area contributed by atoms with Crippen molar-refractivity contribution in [3.05, 3.63) is 72.1 Å². The number of nitrogens with one attached hydrogen (secondary N) is 1. The maximum atomic E-state index is 12.5. The molecule has 0 bridgehead atoms. The highest BCUT2D eigenvalue weighted by atomic mass is 19.4. The monoisotopic (exact) mass is 318 g/mol. The Hall–Kier alpha value is -2.83. The van der Waals surface area contributed by atoms with Crippen LogP contribution in [0.3, 0.4) is 0 Å². The summed E-state index contributed by atoms with van der Waals surface area (Å²) in [5.74, 6) is 0.411. The lowest BCUT2D eigenvalue weighted by atomic mass is 10.1. The fourth-order valence-electron chi connectivity index (χ4n) is 2.04. The topological polar surface area (TPSA) is 42.7 Å². The molecule has 1 N–H and O–H groups in total. The summed E-state index contributed by atoms with van der Waals surface area (Å²) >= 11 is 0. The number of rotatable bonds is 4. The first-order valence-corrected chi connectivity index (χ1v) is 6.89. The Bertz CT molecular complexity index is 764. The smallest absolute Gasteiger partial charge is 0.349 e. The van der Waals surface area contributed by atoms with Gasteiger partial charge in [-0.3, -0.25) is 0 Å². The fraction of sp³-hybridized carbons (Fsp3) is 0.125. The standard InChI is InChI=1S/C16H13F3N4/c17-16(18,19)13-8-6-12(7-9-13)10-20-15-21-11-23(22-15)14-4-2-1-3-5-14/h1-9,11H,10H2,(H,20,22). The SMILES string of the molecule is FC(F)(F)c1ccc(CNc2ncn(-c3ccccc3)n2)cc1. The van der Waals surface area contributed by atoms with E-state index < -0.39 is 11.7 Å². The number of hydrogen-bond donors (Lipinski definition) is 1. The molecule has 7 heteroatoms. The van der Waals surface area contributed by atoms with Crippen LogP contribution in [0.4, 0.5) is 19.1 Å². The first-order valence-electron chi connectivity index (χ1n) is 6.89. The number of alkyl halides is 3. The van der Waals surface area contributed by atoms with E-state index >= 15 is 0 Å². The van der Waals surface area contributed by atoms with Gasteiger partial charge in [0.05, 0.1) is 11.3 Å². The average molecular weight is 318 g/mol. The van der Waals surface area contributed by atoms with Crippen LogP contribution in [0.25, 0.3) is 5.69 Å². The molecule has 0 atom stereocenters. The molecular weight excluding hydrogens is 305 g/mol. The van der Waals surface area contributed by atoms with Gasteiger partial charge in [0.2, 0.25) is 5.95 Å². The minimum atomic E-state index is -4.32. The Labute approximate surface area is 130 Å². The highest BCUT2D eigenvalue weighted by Gasteiger charge is 2.29. The highest BCUT2D eigenvalue weighted by Crippen LogP contribution is 2.29. The maximum Gasteiger partial charge on any atom is 0.416 e. The lowest BCUT2D eigenvalue weighted by Crippen LogP contribution is -2.06. The average Bonchev–Trinajstić information content (AvgIpc) is 3.02. The van der Waals surface area contributed by atoms with Crippen molar-refractivity contribution in [2.45, 2.75) is 12.7 Å². The molecule has 23 heavy (non-hydrogen) atoms. The van der Waals surface area contributed by atoms with E-state index in [0.717, 1.165) is 17.8 Å². The van der Waals surface area contributed by atoms with E-state index in [2.05, 4.69) is 15.4 Å². The largest absolute Gasteiger partial charge is 0.416 e. The Morgan fingerprint density at radius 1 is 0.957 bits per heavy atom. The number of halogens is 3. The van der Waals surface area contributed by atoms with Crippen LogP contribution >= 0.6 is 0 Å². The zero-order valence-electron chi connectivity index (χ0n) is 12.0. The predicted molar refractivity (Wildman–Crippen MR) is 80.1 cm³/mol. The van der Waals surface area contributed by atoms with Gasteiger partial charge in [-0.25, -0.2) is 9.67 Å².